The highest BCUT2D eigenvalue weighted by Gasteiger charge is 2.30. The second kappa shape index (κ2) is 7.46. The number of aliphatic carboxylic acids is 1. The lowest BCUT2D eigenvalue weighted by molar-refractivity contribution is -0.143. The molecule has 0 aliphatic heterocycles. The second-order valence-corrected chi connectivity index (χ2v) is 3.99. The SMILES string of the molecule is Cl.NCC(=O)NC(C(=O)O)C1CCCCC1. The maximum Gasteiger partial charge on any atom is 0.326 e. The molecule has 5 nitrogen and oxygen atoms in total. The van der Waals surface area contributed by atoms with Crippen molar-refractivity contribution in [1.82, 2.24) is 5.32 Å². The van der Waals surface area contributed by atoms with Crippen LogP contribution in [-0.2, 0) is 9.59 Å². The molecular weight excluding hydrogens is 232 g/mol. The topological polar surface area (TPSA) is 92.4 Å². The van der Waals surface area contributed by atoms with E-state index in [-0.39, 0.29) is 24.9 Å². The van der Waals surface area contributed by atoms with E-state index in [0.29, 0.717) is 0 Å². The monoisotopic (exact) mass is 250 g/mol. The molecule has 1 aliphatic carbocycles. The van der Waals surface area contributed by atoms with Gasteiger partial charge in [0.1, 0.15) is 6.04 Å². The van der Waals surface area contributed by atoms with Gasteiger partial charge in [-0.2, -0.15) is 0 Å². The minimum absolute atomic E-state index is 0. The highest BCUT2D eigenvalue weighted by atomic mass is 35.5. The first-order valence-electron chi connectivity index (χ1n) is 5.37. The Morgan fingerprint density at radius 3 is 2.31 bits per heavy atom. The molecule has 0 bridgehead atoms. The van der Waals surface area contributed by atoms with Crippen LogP contribution in [0.25, 0.3) is 0 Å². The van der Waals surface area contributed by atoms with E-state index in [2.05, 4.69) is 5.32 Å². The summed E-state index contributed by atoms with van der Waals surface area (Å²) in [7, 11) is 0. The van der Waals surface area contributed by atoms with Gasteiger partial charge in [0.25, 0.3) is 0 Å². The largest absolute Gasteiger partial charge is 0.480 e. The summed E-state index contributed by atoms with van der Waals surface area (Å²) in [4.78, 5) is 22.1. The third kappa shape index (κ3) is 4.37. The van der Waals surface area contributed by atoms with Crippen molar-refractivity contribution in [3.05, 3.63) is 0 Å². The summed E-state index contributed by atoms with van der Waals surface area (Å²) >= 11 is 0. The summed E-state index contributed by atoms with van der Waals surface area (Å²) in [5.41, 5.74) is 5.15. The van der Waals surface area contributed by atoms with Gasteiger partial charge < -0.3 is 16.2 Å². The predicted molar refractivity (Wildman–Crippen MR) is 62.4 cm³/mol. The van der Waals surface area contributed by atoms with Gasteiger partial charge >= 0.3 is 5.97 Å². The van der Waals surface area contributed by atoms with Gasteiger partial charge in [0.2, 0.25) is 5.91 Å². The van der Waals surface area contributed by atoms with Crippen LogP contribution in [0.2, 0.25) is 0 Å². The third-order valence-electron chi connectivity index (χ3n) is 2.89. The molecule has 1 saturated carbocycles. The molecule has 0 aromatic heterocycles. The van der Waals surface area contributed by atoms with Crippen LogP contribution in [0.5, 0.6) is 0 Å². The van der Waals surface area contributed by atoms with Crippen LogP contribution in [0.3, 0.4) is 0 Å². The first kappa shape index (κ1) is 15.2. The lowest BCUT2D eigenvalue weighted by Gasteiger charge is -2.27. The first-order chi connectivity index (χ1) is 7.15. The lowest BCUT2D eigenvalue weighted by Crippen LogP contribution is -2.48. The number of hydrogen-bond acceptors (Lipinski definition) is 3. The molecule has 1 atom stereocenters. The zero-order valence-corrected chi connectivity index (χ0v) is 9.96. The highest BCUT2D eigenvalue weighted by Crippen LogP contribution is 2.26. The van der Waals surface area contributed by atoms with Crippen molar-refractivity contribution in [3.8, 4) is 0 Å². The van der Waals surface area contributed by atoms with Crippen molar-refractivity contribution in [1.29, 1.82) is 0 Å². The van der Waals surface area contributed by atoms with E-state index in [4.69, 9.17) is 10.8 Å². The number of rotatable bonds is 4. The van der Waals surface area contributed by atoms with Crippen molar-refractivity contribution < 1.29 is 14.7 Å². The van der Waals surface area contributed by atoms with Gasteiger partial charge in [-0.3, -0.25) is 4.79 Å². The molecule has 6 heteroatoms. The lowest BCUT2D eigenvalue weighted by atomic mass is 9.84. The maximum absolute atomic E-state index is 11.1. The number of amides is 1. The second-order valence-electron chi connectivity index (χ2n) is 3.99. The summed E-state index contributed by atoms with van der Waals surface area (Å²) in [6.45, 7) is -0.156. The molecular formula is C10H19ClN2O3. The molecule has 1 amide bonds. The molecule has 1 fully saturated rings. The van der Waals surface area contributed by atoms with Gasteiger partial charge in [0, 0.05) is 0 Å². The van der Waals surface area contributed by atoms with Crippen LogP contribution in [0.1, 0.15) is 32.1 Å². The van der Waals surface area contributed by atoms with Crippen LogP contribution in [0.15, 0.2) is 0 Å². The molecule has 0 aromatic carbocycles. The molecule has 0 saturated heterocycles. The molecule has 0 aromatic rings. The Morgan fingerprint density at radius 2 is 1.88 bits per heavy atom. The number of hydrogen-bond donors (Lipinski definition) is 3. The average Bonchev–Trinajstić information content (AvgIpc) is 2.26. The van der Waals surface area contributed by atoms with E-state index in [0.717, 1.165) is 32.1 Å². The van der Waals surface area contributed by atoms with E-state index in [1.54, 1.807) is 0 Å². The van der Waals surface area contributed by atoms with Crippen molar-refractivity contribution in [2.75, 3.05) is 6.54 Å². The number of carboxylic acids is 1. The molecule has 1 unspecified atom stereocenters. The summed E-state index contributed by atoms with van der Waals surface area (Å²) in [5, 5.41) is 11.5. The van der Waals surface area contributed by atoms with Crippen molar-refractivity contribution in [3.63, 3.8) is 0 Å². The molecule has 4 N–H and O–H groups in total. The Hall–Kier alpha value is -0.810. The van der Waals surface area contributed by atoms with Crippen molar-refractivity contribution in [2.24, 2.45) is 11.7 Å². The average molecular weight is 251 g/mol. The molecule has 94 valence electrons. The highest BCUT2D eigenvalue weighted by molar-refractivity contribution is 5.85. The van der Waals surface area contributed by atoms with Crippen LogP contribution in [0, 0.1) is 5.92 Å². The zero-order chi connectivity index (χ0) is 11.3. The van der Waals surface area contributed by atoms with Gasteiger partial charge in [-0.1, -0.05) is 19.3 Å². The number of carbonyl (C=O) groups is 2. The van der Waals surface area contributed by atoms with Gasteiger partial charge in [-0.05, 0) is 18.8 Å². The molecule has 1 rings (SSSR count). The van der Waals surface area contributed by atoms with Gasteiger partial charge in [-0.25, -0.2) is 4.79 Å². The fraction of sp³-hybridized carbons (Fsp3) is 0.800. The molecule has 16 heavy (non-hydrogen) atoms. The van der Waals surface area contributed by atoms with Crippen LogP contribution >= 0.6 is 12.4 Å². The van der Waals surface area contributed by atoms with E-state index < -0.39 is 17.9 Å². The zero-order valence-electron chi connectivity index (χ0n) is 9.15. The van der Waals surface area contributed by atoms with Gasteiger partial charge in [-0.15, -0.1) is 12.4 Å². The van der Waals surface area contributed by atoms with Crippen molar-refractivity contribution in [2.45, 2.75) is 38.1 Å². The number of nitrogens with two attached hydrogens (primary N) is 1. The Kier molecular flexibility index (Phi) is 7.08. The molecule has 0 radical (unpaired) electrons. The Bertz CT molecular complexity index is 242. The van der Waals surface area contributed by atoms with Gasteiger partial charge in [0.15, 0.2) is 0 Å². The smallest absolute Gasteiger partial charge is 0.326 e. The first-order valence-corrected chi connectivity index (χ1v) is 5.37. The number of nitrogens with one attached hydrogen (secondary N) is 1. The van der Waals surface area contributed by atoms with E-state index in [1.807, 2.05) is 0 Å². The summed E-state index contributed by atoms with van der Waals surface area (Å²) in [6.07, 6.45) is 5.01. The fourth-order valence-electron chi connectivity index (χ4n) is 2.08. The van der Waals surface area contributed by atoms with Gasteiger partial charge in [0.05, 0.1) is 6.54 Å². The normalized spacial score (nSPS) is 18.3. The minimum atomic E-state index is -0.955. The molecule has 0 spiro atoms. The van der Waals surface area contributed by atoms with E-state index in [1.165, 1.54) is 0 Å². The summed E-state index contributed by atoms with van der Waals surface area (Å²) in [6, 6.07) is -0.763. The Balaban J connectivity index is 0.00000225. The molecule has 0 heterocycles. The minimum Gasteiger partial charge on any atom is -0.480 e. The summed E-state index contributed by atoms with van der Waals surface area (Å²) < 4.78 is 0. The molecule has 1 aliphatic rings. The van der Waals surface area contributed by atoms with Crippen LogP contribution in [-0.4, -0.2) is 29.6 Å². The third-order valence-corrected chi connectivity index (χ3v) is 2.89. The number of carbonyl (C=O) groups excluding carboxylic acids is 1. The Labute approximate surface area is 101 Å². The van der Waals surface area contributed by atoms with E-state index >= 15 is 0 Å². The van der Waals surface area contributed by atoms with Crippen LogP contribution < -0.4 is 11.1 Å². The maximum atomic E-state index is 11.1. The fourth-order valence-corrected chi connectivity index (χ4v) is 2.08. The standard InChI is InChI=1S/C10H18N2O3.ClH/c11-6-8(13)12-9(10(14)15)7-4-2-1-3-5-7;/h7,9H,1-6,11H2,(H,12,13)(H,14,15);1H. The van der Waals surface area contributed by atoms with Crippen LogP contribution in [0.4, 0.5) is 0 Å². The Morgan fingerprint density at radius 1 is 1.31 bits per heavy atom. The quantitative estimate of drug-likeness (QED) is 0.678. The van der Waals surface area contributed by atoms with E-state index in [9.17, 15) is 9.59 Å². The summed E-state index contributed by atoms with van der Waals surface area (Å²) in [5.74, 6) is -1.29. The van der Waals surface area contributed by atoms with Crippen molar-refractivity contribution >= 4 is 24.3 Å². The number of carboxylic acid groups (broad SMARTS) is 1. The predicted octanol–water partition coefficient (Wildman–Crippen LogP) is 0.517. The number of halogens is 1.